The lowest BCUT2D eigenvalue weighted by atomic mass is 10.1. The van der Waals surface area contributed by atoms with Gasteiger partial charge in [-0.3, -0.25) is 9.89 Å². The van der Waals surface area contributed by atoms with E-state index in [1.165, 1.54) is 10.6 Å². The number of carbonyl (C=O) groups excluding carboxylic acids is 1. The molecule has 0 aliphatic carbocycles. The van der Waals surface area contributed by atoms with E-state index in [2.05, 4.69) is 31.4 Å². The first kappa shape index (κ1) is 18.1. The molecular weight excluding hydrogens is 408 g/mol. The van der Waals surface area contributed by atoms with Gasteiger partial charge in [0.15, 0.2) is 0 Å². The van der Waals surface area contributed by atoms with Gasteiger partial charge >= 0.3 is 0 Å². The third kappa shape index (κ3) is 4.47. The quantitative estimate of drug-likeness (QED) is 0.781. The molecule has 0 unspecified atom stereocenters. The van der Waals surface area contributed by atoms with Gasteiger partial charge in [-0.2, -0.15) is 5.10 Å². The standard InChI is InChI=1S/C16H19BrN4O3S/c1-25(23,24)21-8-6-13(7-9-21)18-16(22)15-10-14(19-20-15)11-2-4-12(17)5-3-11/h2-5,10,13H,6-9H2,1H3,(H,18,22)(H,19,20). The molecule has 1 saturated heterocycles. The van der Waals surface area contributed by atoms with Crippen LogP contribution in [0.2, 0.25) is 0 Å². The van der Waals surface area contributed by atoms with E-state index in [0.29, 0.717) is 37.3 Å². The predicted octanol–water partition coefficient (Wildman–Crippen LogP) is 1.99. The smallest absolute Gasteiger partial charge is 0.269 e. The third-order valence-electron chi connectivity index (χ3n) is 4.22. The molecule has 25 heavy (non-hydrogen) atoms. The van der Waals surface area contributed by atoms with Crippen molar-refractivity contribution in [1.29, 1.82) is 0 Å². The average molecular weight is 427 g/mol. The van der Waals surface area contributed by atoms with Crippen LogP contribution in [0, 0.1) is 0 Å². The topological polar surface area (TPSA) is 95.2 Å². The number of rotatable bonds is 4. The second-order valence-electron chi connectivity index (χ2n) is 6.08. The van der Waals surface area contributed by atoms with E-state index >= 15 is 0 Å². The molecular formula is C16H19BrN4O3S. The SMILES string of the molecule is CS(=O)(=O)N1CCC(NC(=O)c2cc(-c3ccc(Br)cc3)n[nH]2)CC1. The fourth-order valence-corrected chi connectivity index (χ4v) is 3.94. The van der Waals surface area contributed by atoms with E-state index in [4.69, 9.17) is 0 Å². The van der Waals surface area contributed by atoms with Gasteiger partial charge in [0.2, 0.25) is 10.0 Å². The predicted molar refractivity (Wildman–Crippen MR) is 98.6 cm³/mol. The number of aromatic nitrogens is 2. The maximum absolute atomic E-state index is 12.4. The molecule has 7 nitrogen and oxygen atoms in total. The molecule has 1 aromatic carbocycles. The summed E-state index contributed by atoms with van der Waals surface area (Å²) in [5.41, 5.74) is 2.01. The van der Waals surface area contributed by atoms with Crippen LogP contribution in [0.5, 0.6) is 0 Å². The molecule has 3 rings (SSSR count). The van der Waals surface area contributed by atoms with Crippen LogP contribution in [0.4, 0.5) is 0 Å². The van der Waals surface area contributed by atoms with Crippen LogP contribution in [0.1, 0.15) is 23.3 Å². The van der Waals surface area contributed by atoms with E-state index in [1.54, 1.807) is 6.07 Å². The number of halogens is 1. The Morgan fingerprint density at radius 3 is 2.52 bits per heavy atom. The van der Waals surface area contributed by atoms with Gasteiger partial charge < -0.3 is 5.32 Å². The maximum Gasteiger partial charge on any atom is 0.269 e. The first-order valence-electron chi connectivity index (χ1n) is 7.90. The summed E-state index contributed by atoms with van der Waals surface area (Å²) in [4.78, 5) is 12.4. The van der Waals surface area contributed by atoms with Crippen molar-refractivity contribution in [3.8, 4) is 11.3 Å². The lowest BCUT2D eigenvalue weighted by Gasteiger charge is -2.30. The summed E-state index contributed by atoms with van der Waals surface area (Å²) in [5.74, 6) is -0.228. The number of sulfonamides is 1. The first-order chi connectivity index (χ1) is 11.8. The molecule has 1 amide bonds. The molecule has 1 aromatic heterocycles. The van der Waals surface area contributed by atoms with Gasteiger partial charge in [-0.15, -0.1) is 0 Å². The van der Waals surface area contributed by atoms with Crippen LogP contribution in [0.15, 0.2) is 34.8 Å². The van der Waals surface area contributed by atoms with E-state index in [0.717, 1.165) is 10.0 Å². The summed E-state index contributed by atoms with van der Waals surface area (Å²) < 4.78 is 25.5. The summed E-state index contributed by atoms with van der Waals surface area (Å²) in [7, 11) is -3.16. The van der Waals surface area contributed by atoms with Crippen molar-refractivity contribution in [2.75, 3.05) is 19.3 Å². The zero-order valence-electron chi connectivity index (χ0n) is 13.7. The molecule has 2 heterocycles. The number of carbonyl (C=O) groups is 1. The highest BCUT2D eigenvalue weighted by Crippen LogP contribution is 2.21. The van der Waals surface area contributed by atoms with Crippen molar-refractivity contribution < 1.29 is 13.2 Å². The summed E-state index contributed by atoms with van der Waals surface area (Å²) in [6.07, 6.45) is 2.42. The Morgan fingerprint density at radius 1 is 1.28 bits per heavy atom. The highest BCUT2D eigenvalue weighted by molar-refractivity contribution is 9.10. The van der Waals surface area contributed by atoms with Gasteiger partial charge in [-0.25, -0.2) is 12.7 Å². The molecule has 134 valence electrons. The molecule has 1 fully saturated rings. The van der Waals surface area contributed by atoms with Crippen LogP contribution in [-0.4, -0.2) is 54.2 Å². The normalized spacial score (nSPS) is 16.7. The molecule has 1 aliphatic rings. The van der Waals surface area contributed by atoms with Crippen molar-refractivity contribution in [1.82, 2.24) is 19.8 Å². The summed E-state index contributed by atoms with van der Waals surface area (Å²) in [6, 6.07) is 9.35. The minimum Gasteiger partial charge on any atom is -0.348 e. The Balaban J connectivity index is 1.60. The van der Waals surface area contributed by atoms with E-state index in [9.17, 15) is 13.2 Å². The summed E-state index contributed by atoms with van der Waals surface area (Å²) >= 11 is 3.38. The van der Waals surface area contributed by atoms with Crippen LogP contribution >= 0.6 is 15.9 Å². The van der Waals surface area contributed by atoms with Crippen LogP contribution in [0.25, 0.3) is 11.3 Å². The van der Waals surface area contributed by atoms with Gasteiger partial charge in [0.25, 0.3) is 5.91 Å². The minimum absolute atomic E-state index is 0.0371. The summed E-state index contributed by atoms with van der Waals surface area (Å²) in [6.45, 7) is 0.855. The number of nitrogens with one attached hydrogen (secondary N) is 2. The van der Waals surface area contributed by atoms with Gasteiger partial charge in [0.1, 0.15) is 5.69 Å². The first-order valence-corrected chi connectivity index (χ1v) is 10.5. The Hall–Kier alpha value is -1.71. The Bertz CT molecular complexity index is 856. The van der Waals surface area contributed by atoms with Crippen LogP contribution in [-0.2, 0) is 10.0 Å². The number of benzene rings is 1. The average Bonchev–Trinajstić information content (AvgIpc) is 3.05. The second kappa shape index (κ2) is 7.27. The second-order valence-corrected chi connectivity index (χ2v) is 8.98. The molecule has 0 atom stereocenters. The molecule has 2 N–H and O–H groups in total. The fourth-order valence-electron chi connectivity index (χ4n) is 2.80. The van der Waals surface area contributed by atoms with Gasteiger partial charge in [0, 0.05) is 29.2 Å². The lowest BCUT2D eigenvalue weighted by molar-refractivity contribution is 0.0919. The van der Waals surface area contributed by atoms with Crippen LogP contribution in [0.3, 0.4) is 0 Å². The van der Waals surface area contributed by atoms with Crippen LogP contribution < -0.4 is 5.32 Å². The molecule has 2 aromatic rings. The molecule has 9 heteroatoms. The van der Waals surface area contributed by atoms with E-state index in [1.807, 2.05) is 24.3 Å². The lowest BCUT2D eigenvalue weighted by Crippen LogP contribution is -2.46. The van der Waals surface area contributed by atoms with Crippen molar-refractivity contribution in [3.05, 3.63) is 40.5 Å². The monoisotopic (exact) mass is 426 g/mol. The Labute approximate surface area is 155 Å². The zero-order chi connectivity index (χ0) is 18.0. The number of aromatic amines is 1. The van der Waals surface area contributed by atoms with Gasteiger partial charge in [-0.05, 0) is 31.0 Å². The Kier molecular flexibility index (Phi) is 5.26. The number of amides is 1. The summed E-state index contributed by atoms with van der Waals surface area (Å²) in [5, 5.41) is 9.89. The number of nitrogens with zero attached hydrogens (tertiary/aromatic N) is 2. The molecule has 0 radical (unpaired) electrons. The van der Waals surface area contributed by atoms with Gasteiger partial charge in [-0.1, -0.05) is 28.1 Å². The Morgan fingerprint density at radius 2 is 1.92 bits per heavy atom. The fraction of sp³-hybridized carbons (Fsp3) is 0.375. The van der Waals surface area contributed by atoms with Crippen molar-refractivity contribution in [3.63, 3.8) is 0 Å². The highest BCUT2D eigenvalue weighted by Gasteiger charge is 2.26. The number of hydrogen-bond donors (Lipinski definition) is 2. The number of H-pyrrole nitrogens is 1. The largest absolute Gasteiger partial charge is 0.348 e. The molecule has 1 aliphatic heterocycles. The highest BCUT2D eigenvalue weighted by atomic mass is 79.9. The molecule has 0 spiro atoms. The molecule has 0 bridgehead atoms. The van der Waals surface area contributed by atoms with Gasteiger partial charge in [0.05, 0.1) is 11.9 Å². The van der Waals surface area contributed by atoms with Crippen molar-refractivity contribution in [2.45, 2.75) is 18.9 Å². The maximum atomic E-state index is 12.4. The third-order valence-corrected chi connectivity index (χ3v) is 6.05. The minimum atomic E-state index is -3.16. The number of hydrogen-bond acceptors (Lipinski definition) is 4. The molecule has 0 saturated carbocycles. The van der Waals surface area contributed by atoms with E-state index in [-0.39, 0.29) is 11.9 Å². The van der Waals surface area contributed by atoms with E-state index < -0.39 is 10.0 Å². The van der Waals surface area contributed by atoms with Crippen molar-refractivity contribution in [2.24, 2.45) is 0 Å². The van der Waals surface area contributed by atoms with Crippen molar-refractivity contribution >= 4 is 31.9 Å². The number of piperidine rings is 1. The zero-order valence-corrected chi connectivity index (χ0v) is 16.1.